The minimum atomic E-state index is 0.926. The van der Waals surface area contributed by atoms with Crippen LogP contribution in [0.5, 0.6) is 0 Å². The van der Waals surface area contributed by atoms with E-state index in [1.807, 2.05) is 21.0 Å². The van der Waals surface area contributed by atoms with E-state index in [0.717, 1.165) is 24.6 Å². The Morgan fingerprint density at radius 3 is 2.85 bits per heavy atom. The predicted octanol–water partition coefficient (Wildman–Crippen LogP) is 0.441. The number of nitrogens with one attached hydrogen (secondary N) is 1. The van der Waals surface area contributed by atoms with Gasteiger partial charge in [0.05, 0.1) is 11.9 Å². The van der Waals surface area contributed by atoms with Gasteiger partial charge >= 0.3 is 0 Å². The number of aromatic nitrogens is 2. The number of aryl methyl sites for hydroxylation is 1. The zero-order valence-electron chi connectivity index (χ0n) is 8.41. The monoisotopic (exact) mass is 180 g/mol. The molecular weight excluding hydrogens is 164 g/mol. The van der Waals surface area contributed by atoms with Gasteiger partial charge in [0.2, 0.25) is 0 Å². The lowest BCUT2D eigenvalue weighted by molar-refractivity contribution is 0.758. The summed E-state index contributed by atoms with van der Waals surface area (Å²) in [6.07, 6.45) is 3.54. The number of nitrogens with zero attached hydrogens (tertiary/aromatic N) is 3. The van der Waals surface area contributed by atoms with Crippen LogP contribution in [0.25, 0.3) is 0 Å². The molecule has 0 saturated carbocycles. The summed E-state index contributed by atoms with van der Waals surface area (Å²) in [6, 6.07) is 0. The molecule has 0 atom stereocenters. The molecule has 0 saturated heterocycles. The van der Waals surface area contributed by atoms with Crippen LogP contribution in [0.4, 0.5) is 5.82 Å². The van der Waals surface area contributed by atoms with Gasteiger partial charge in [-0.2, -0.15) is 0 Å². The minimum Gasteiger partial charge on any atom is -0.357 e. The Morgan fingerprint density at radius 1 is 1.46 bits per heavy atom. The van der Waals surface area contributed by atoms with Crippen LogP contribution >= 0.6 is 0 Å². The summed E-state index contributed by atoms with van der Waals surface area (Å²) in [4.78, 5) is 10.5. The highest BCUT2D eigenvalue weighted by atomic mass is 15.2. The van der Waals surface area contributed by atoms with Crippen LogP contribution in [0.1, 0.15) is 5.69 Å². The van der Waals surface area contributed by atoms with Gasteiger partial charge in [-0.25, -0.2) is 4.98 Å². The molecule has 0 unspecified atom stereocenters. The van der Waals surface area contributed by atoms with Gasteiger partial charge in [-0.1, -0.05) is 0 Å². The molecule has 0 aliphatic carbocycles. The second kappa shape index (κ2) is 4.77. The average Bonchev–Trinajstić information content (AvgIpc) is 2.14. The summed E-state index contributed by atoms with van der Waals surface area (Å²) in [5.74, 6) is 0.926. The van der Waals surface area contributed by atoms with Crippen LogP contribution in [0, 0.1) is 6.92 Å². The van der Waals surface area contributed by atoms with E-state index in [1.54, 1.807) is 12.4 Å². The quantitative estimate of drug-likeness (QED) is 0.730. The predicted molar refractivity (Wildman–Crippen MR) is 54.0 cm³/mol. The smallest absolute Gasteiger partial charge is 0.147 e. The zero-order valence-corrected chi connectivity index (χ0v) is 8.41. The summed E-state index contributed by atoms with van der Waals surface area (Å²) in [7, 11) is 3.95. The molecule has 0 spiro atoms. The molecule has 1 N–H and O–H groups in total. The number of rotatable bonds is 4. The fourth-order valence-electron chi connectivity index (χ4n) is 1.03. The van der Waals surface area contributed by atoms with Gasteiger partial charge in [-0.3, -0.25) is 4.98 Å². The second-order valence-electron chi connectivity index (χ2n) is 3.04. The highest BCUT2D eigenvalue weighted by Crippen LogP contribution is 2.05. The first-order valence-corrected chi connectivity index (χ1v) is 4.38. The molecule has 13 heavy (non-hydrogen) atoms. The Kier molecular flexibility index (Phi) is 3.64. The van der Waals surface area contributed by atoms with Crippen molar-refractivity contribution in [3.8, 4) is 0 Å². The molecule has 1 heterocycles. The van der Waals surface area contributed by atoms with E-state index in [4.69, 9.17) is 0 Å². The first-order chi connectivity index (χ1) is 6.24. The van der Waals surface area contributed by atoms with Gasteiger partial charge in [-0.15, -0.1) is 0 Å². The van der Waals surface area contributed by atoms with Crippen molar-refractivity contribution in [2.45, 2.75) is 6.92 Å². The van der Waals surface area contributed by atoms with E-state index in [-0.39, 0.29) is 0 Å². The van der Waals surface area contributed by atoms with Gasteiger partial charge in [0.15, 0.2) is 0 Å². The van der Waals surface area contributed by atoms with Crippen LogP contribution in [0.15, 0.2) is 12.4 Å². The topological polar surface area (TPSA) is 41.0 Å². The van der Waals surface area contributed by atoms with Crippen LogP contribution in [-0.2, 0) is 0 Å². The van der Waals surface area contributed by atoms with Crippen molar-refractivity contribution in [2.75, 3.05) is 32.1 Å². The van der Waals surface area contributed by atoms with Gasteiger partial charge in [-0.05, 0) is 14.0 Å². The van der Waals surface area contributed by atoms with Crippen LogP contribution in [0.2, 0.25) is 0 Å². The van der Waals surface area contributed by atoms with E-state index < -0.39 is 0 Å². The number of likely N-dealkylation sites (N-methyl/N-ethyl adjacent to an activating group) is 2. The third-order valence-electron chi connectivity index (χ3n) is 1.83. The van der Waals surface area contributed by atoms with Gasteiger partial charge < -0.3 is 10.2 Å². The molecule has 4 heteroatoms. The van der Waals surface area contributed by atoms with Crippen LogP contribution < -0.4 is 10.2 Å². The Morgan fingerprint density at radius 2 is 2.23 bits per heavy atom. The lowest BCUT2D eigenvalue weighted by Gasteiger charge is -2.17. The molecule has 0 aliphatic rings. The molecule has 4 nitrogen and oxygen atoms in total. The third kappa shape index (κ3) is 2.99. The average molecular weight is 180 g/mol. The Labute approximate surface area is 79.0 Å². The van der Waals surface area contributed by atoms with Crippen molar-refractivity contribution in [1.29, 1.82) is 0 Å². The Hall–Kier alpha value is -1.16. The van der Waals surface area contributed by atoms with Crippen molar-refractivity contribution in [3.05, 3.63) is 18.1 Å². The fourth-order valence-corrected chi connectivity index (χ4v) is 1.03. The fraction of sp³-hybridized carbons (Fsp3) is 0.556. The summed E-state index contributed by atoms with van der Waals surface area (Å²) in [6.45, 7) is 3.84. The Balaban J connectivity index is 2.60. The SMILES string of the molecule is CNCCN(C)c1cncc(C)n1. The summed E-state index contributed by atoms with van der Waals surface area (Å²) in [5.41, 5.74) is 0.953. The lowest BCUT2D eigenvalue weighted by atomic mass is 10.4. The second-order valence-corrected chi connectivity index (χ2v) is 3.04. The summed E-state index contributed by atoms with van der Waals surface area (Å²) >= 11 is 0. The van der Waals surface area contributed by atoms with Crippen molar-refractivity contribution in [1.82, 2.24) is 15.3 Å². The molecule has 0 amide bonds. The summed E-state index contributed by atoms with van der Waals surface area (Å²) < 4.78 is 0. The number of anilines is 1. The molecule has 0 radical (unpaired) electrons. The maximum atomic E-state index is 4.36. The normalized spacial score (nSPS) is 10.1. The first-order valence-electron chi connectivity index (χ1n) is 4.38. The van der Waals surface area contributed by atoms with Crippen LogP contribution in [0.3, 0.4) is 0 Å². The molecule has 72 valence electrons. The van der Waals surface area contributed by atoms with Gasteiger partial charge in [0.25, 0.3) is 0 Å². The molecule has 1 aromatic heterocycles. The van der Waals surface area contributed by atoms with E-state index in [1.165, 1.54) is 0 Å². The highest BCUT2D eigenvalue weighted by Gasteiger charge is 2.01. The van der Waals surface area contributed by atoms with Crippen LogP contribution in [-0.4, -0.2) is 37.2 Å². The number of hydrogen-bond donors (Lipinski definition) is 1. The van der Waals surface area contributed by atoms with E-state index in [9.17, 15) is 0 Å². The highest BCUT2D eigenvalue weighted by molar-refractivity contribution is 5.34. The molecule has 0 aromatic carbocycles. The van der Waals surface area contributed by atoms with E-state index in [2.05, 4.69) is 20.2 Å². The molecule has 1 rings (SSSR count). The zero-order chi connectivity index (χ0) is 9.68. The largest absolute Gasteiger partial charge is 0.357 e. The van der Waals surface area contributed by atoms with Gasteiger partial charge in [0, 0.05) is 26.3 Å². The van der Waals surface area contributed by atoms with Crippen molar-refractivity contribution in [3.63, 3.8) is 0 Å². The molecule has 1 aromatic rings. The van der Waals surface area contributed by atoms with Crippen molar-refractivity contribution in [2.24, 2.45) is 0 Å². The molecule has 0 aliphatic heterocycles. The third-order valence-corrected chi connectivity index (χ3v) is 1.83. The number of hydrogen-bond acceptors (Lipinski definition) is 4. The summed E-state index contributed by atoms with van der Waals surface area (Å²) in [5, 5.41) is 3.09. The minimum absolute atomic E-state index is 0.926. The van der Waals surface area contributed by atoms with Crippen molar-refractivity contribution >= 4 is 5.82 Å². The maximum absolute atomic E-state index is 4.36. The van der Waals surface area contributed by atoms with Gasteiger partial charge in [0.1, 0.15) is 5.82 Å². The first kappa shape index (κ1) is 9.92. The van der Waals surface area contributed by atoms with E-state index >= 15 is 0 Å². The standard InChI is InChI=1S/C9H16N4/c1-8-6-11-7-9(12-8)13(3)5-4-10-2/h6-7,10H,4-5H2,1-3H3. The van der Waals surface area contributed by atoms with E-state index in [0.29, 0.717) is 0 Å². The molecular formula is C9H16N4. The molecule has 0 fully saturated rings. The lowest BCUT2D eigenvalue weighted by Crippen LogP contribution is -2.27. The molecule has 0 bridgehead atoms. The van der Waals surface area contributed by atoms with Crippen molar-refractivity contribution < 1.29 is 0 Å². The Bertz CT molecular complexity index is 262. The maximum Gasteiger partial charge on any atom is 0.147 e.